The van der Waals surface area contributed by atoms with Gasteiger partial charge in [-0.05, 0) is 0 Å². The molecule has 0 amide bonds. The lowest BCUT2D eigenvalue weighted by Crippen LogP contribution is -2.37. The molecule has 0 unspecified atom stereocenters. The Balaban J connectivity index is 3.29. The van der Waals surface area contributed by atoms with Crippen molar-refractivity contribution < 1.29 is 14.0 Å². The highest BCUT2D eigenvalue weighted by Crippen LogP contribution is 1.88. The predicted molar refractivity (Wildman–Crippen MR) is 39.5 cm³/mol. The van der Waals surface area contributed by atoms with E-state index in [1.54, 1.807) is 0 Å². The normalized spacial score (nSPS) is 11.2. The van der Waals surface area contributed by atoms with Crippen LogP contribution in [0, 0.1) is 0 Å². The van der Waals surface area contributed by atoms with Gasteiger partial charge in [0.1, 0.15) is 13.2 Å². The highest BCUT2D eigenvalue weighted by atomic mass is 16.6. The Bertz CT molecular complexity index is 115. The first-order valence-electron chi connectivity index (χ1n) is 3.35. The Hall–Kier alpha value is -0.570. The molecule has 0 aliphatic heterocycles. The fraction of sp³-hybridized carbons (Fsp3) is 0.857. The highest BCUT2D eigenvalue weighted by Gasteiger charge is 2.06. The van der Waals surface area contributed by atoms with Gasteiger partial charge >= 0.3 is 5.97 Å². The maximum atomic E-state index is 10.3. The zero-order valence-electron chi connectivity index (χ0n) is 7.18. The number of ether oxygens (including phenoxy) is 1. The molecule has 10 heavy (non-hydrogen) atoms. The van der Waals surface area contributed by atoms with Crippen LogP contribution < -0.4 is 0 Å². The van der Waals surface area contributed by atoms with Crippen molar-refractivity contribution in [3.63, 3.8) is 0 Å². The van der Waals surface area contributed by atoms with E-state index in [0.717, 1.165) is 11.0 Å². The fourth-order valence-electron chi connectivity index (χ4n) is 0.463. The van der Waals surface area contributed by atoms with Gasteiger partial charge in [-0.25, -0.2) is 0 Å². The van der Waals surface area contributed by atoms with Gasteiger partial charge in [0.15, 0.2) is 0 Å². The number of esters is 1. The van der Waals surface area contributed by atoms with Gasteiger partial charge in [-0.2, -0.15) is 0 Å². The minimum Gasteiger partial charge on any atom is -0.460 e. The summed E-state index contributed by atoms with van der Waals surface area (Å²) in [6.07, 6.45) is 0. The first-order chi connectivity index (χ1) is 4.42. The summed E-state index contributed by atoms with van der Waals surface area (Å²) in [4.78, 5) is 10.3. The molecule has 0 atom stereocenters. The van der Waals surface area contributed by atoms with Gasteiger partial charge in [-0.1, -0.05) is 0 Å². The number of quaternary nitrogens is 1. The summed E-state index contributed by atoms with van der Waals surface area (Å²) in [6, 6.07) is 0. The van der Waals surface area contributed by atoms with Crippen molar-refractivity contribution in [3.05, 3.63) is 0 Å². The molecule has 3 heteroatoms. The van der Waals surface area contributed by atoms with Crippen LogP contribution in [0.4, 0.5) is 0 Å². The van der Waals surface area contributed by atoms with Crippen molar-refractivity contribution in [2.75, 3.05) is 34.3 Å². The minimum absolute atomic E-state index is 0.201. The van der Waals surface area contributed by atoms with Crippen molar-refractivity contribution in [1.82, 2.24) is 0 Å². The second-order valence-electron chi connectivity index (χ2n) is 3.35. The lowest BCUT2D eigenvalue weighted by molar-refractivity contribution is -0.870. The van der Waals surface area contributed by atoms with E-state index in [9.17, 15) is 4.79 Å². The Morgan fingerprint density at radius 1 is 1.40 bits per heavy atom. The monoisotopic (exact) mass is 147 g/mol. The Labute approximate surface area is 62.2 Å². The van der Waals surface area contributed by atoms with E-state index in [2.05, 4.69) is 21.1 Å². The van der Waals surface area contributed by atoms with Gasteiger partial charge in [-0.3, -0.25) is 4.79 Å². The molecule has 0 saturated carbocycles. The van der Waals surface area contributed by atoms with Crippen LogP contribution in [-0.2, 0) is 9.53 Å². The van der Waals surface area contributed by atoms with Crippen molar-refractivity contribution >= 4 is 5.97 Å². The third-order valence-corrected chi connectivity index (χ3v) is 1.07. The molecule has 60 valence electrons. The van der Waals surface area contributed by atoms with Gasteiger partial charge in [-0.15, -0.1) is 0 Å². The van der Waals surface area contributed by atoms with E-state index in [4.69, 9.17) is 4.74 Å². The first-order valence-corrected chi connectivity index (χ1v) is 3.35. The second-order valence-corrected chi connectivity index (χ2v) is 3.35. The van der Waals surface area contributed by atoms with E-state index in [-0.39, 0.29) is 5.97 Å². The molecule has 0 radical (unpaired) electrons. The molecule has 0 bridgehead atoms. The molecule has 0 heterocycles. The van der Waals surface area contributed by atoms with Crippen LogP contribution in [0.25, 0.3) is 0 Å². The SMILES string of the molecule is C[13C](=O)OCC[N+](C)(C)C. The number of hydrogen-bond acceptors (Lipinski definition) is 2. The van der Waals surface area contributed by atoms with Gasteiger partial charge in [0.2, 0.25) is 0 Å². The molecule has 0 aliphatic rings. The Kier molecular flexibility index (Phi) is 3.36. The fourth-order valence-corrected chi connectivity index (χ4v) is 0.463. The molecule has 0 aliphatic carbocycles. The van der Waals surface area contributed by atoms with Crippen molar-refractivity contribution in [2.45, 2.75) is 6.92 Å². The summed E-state index contributed by atoms with van der Waals surface area (Å²) in [5, 5.41) is 0. The standard InChI is InChI=1S/C7H16NO2/c1-7(9)10-6-5-8(2,3)4/h5-6H2,1-4H3/q+1/i7+1. The van der Waals surface area contributed by atoms with Gasteiger partial charge < -0.3 is 9.22 Å². The molecular formula is C7H16NO2+. The topological polar surface area (TPSA) is 26.3 Å². The molecule has 3 nitrogen and oxygen atoms in total. The Morgan fingerprint density at radius 3 is 2.20 bits per heavy atom. The summed E-state index contributed by atoms with van der Waals surface area (Å²) in [6.45, 7) is 2.80. The van der Waals surface area contributed by atoms with E-state index >= 15 is 0 Å². The summed E-state index contributed by atoms with van der Waals surface area (Å²) in [5.74, 6) is -0.201. The lowest BCUT2D eigenvalue weighted by atomic mass is 10.5. The zero-order chi connectivity index (χ0) is 8.20. The molecular weight excluding hydrogens is 131 g/mol. The third kappa shape index (κ3) is 7.43. The molecule has 0 N–H and O–H groups in total. The molecule has 0 saturated heterocycles. The number of hydrogen-bond donors (Lipinski definition) is 0. The maximum absolute atomic E-state index is 10.3. The van der Waals surface area contributed by atoms with Crippen LogP contribution in [0.3, 0.4) is 0 Å². The maximum Gasteiger partial charge on any atom is 0.302 e. The van der Waals surface area contributed by atoms with Crippen LogP contribution in [0.5, 0.6) is 0 Å². The number of rotatable bonds is 3. The van der Waals surface area contributed by atoms with Crippen LogP contribution in [0.2, 0.25) is 0 Å². The summed E-state index contributed by atoms with van der Waals surface area (Å²) in [5.41, 5.74) is 0. The number of nitrogens with zero attached hydrogens (tertiary/aromatic N) is 1. The summed E-state index contributed by atoms with van der Waals surface area (Å²) >= 11 is 0. The van der Waals surface area contributed by atoms with Crippen LogP contribution in [0.15, 0.2) is 0 Å². The number of likely N-dealkylation sites (N-methyl/N-ethyl adjacent to an activating group) is 1. The quantitative estimate of drug-likeness (QED) is 0.325. The average Bonchev–Trinajstić information content (AvgIpc) is 1.59. The summed E-state index contributed by atoms with van der Waals surface area (Å²) in [7, 11) is 6.18. The van der Waals surface area contributed by atoms with E-state index < -0.39 is 0 Å². The van der Waals surface area contributed by atoms with Gasteiger partial charge in [0.25, 0.3) is 0 Å². The summed E-state index contributed by atoms with van der Waals surface area (Å²) < 4.78 is 5.59. The van der Waals surface area contributed by atoms with Crippen LogP contribution in [-0.4, -0.2) is 44.7 Å². The van der Waals surface area contributed by atoms with Crippen LogP contribution in [0.1, 0.15) is 6.92 Å². The molecule has 0 spiro atoms. The number of carbonyl (C=O) groups excluding carboxylic acids is 1. The molecule has 0 aromatic heterocycles. The predicted octanol–water partition coefficient (Wildman–Crippen LogP) is 0.256. The van der Waals surface area contributed by atoms with E-state index in [1.165, 1.54) is 6.92 Å². The van der Waals surface area contributed by atoms with Crippen molar-refractivity contribution in [1.29, 1.82) is 0 Å². The lowest BCUT2D eigenvalue weighted by Gasteiger charge is -2.23. The van der Waals surface area contributed by atoms with Crippen molar-refractivity contribution in [3.8, 4) is 0 Å². The average molecular weight is 147 g/mol. The largest absolute Gasteiger partial charge is 0.460 e. The van der Waals surface area contributed by atoms with Crippen molar-refractivity contribution in [2.24, 2.45) is 0 Å². The Morgan fingerprint density at radius 2 is 1.90 bits per heavy atom. The minimum atomic E-state index is -0.201. The molecule has 0 aromatic rings. The van der Waals surface area contributed by atoms with E-state index in [0.29, 0.717) is 6.61 Å². The first kappa shape index (κ1) is 9.43. The molecule has 0 fully saturated rings. The zero-order valence-corrected chi connectivity index (χ0v) is 7.18. The molecule has 0 aromatic carbocycles. The second kappa shape index (κ2) is 3.56. The van der Waals surface area contributed by atoms with Crippen LogP contribution >= 0.6 is 0 Å². The molecule has 0 rings (SSSR count). The van der Waals surface area contributed by atoms with Gasteiger partial charge in [0, 0.05) is 6.92 Å². The smallest absolute Gasteiger partial charge is 0.302 e. The number of carbonyl (C=O) groups is 1. The van der Waals surface area contributed by atoms with E-state index in [1.807, 2.05) is 0 Å². The van der Waals surface area contributed by atoms with Gasteiger partial charge in [0.05, 0.1) is 21.1 Å². The highest BCUT2D eigenvalue weighted by molar-refractivity contribution is 5.65. The third-order valence-electron chi connectivity index (χ3n) is 1.07.